The van der Waals surface area contributed by atoms with Crippen LogP contribution in [-0.4, -0.2) is 13.0 Å². The van der Waals surface area contributed by atoms with Crippen molar-refractivity contribution < 1.29 is 4.79 Å². The van der Waals surface area contributed by atoms with Crippen LogP contribution in [0.1, 0.15) is 27.6 Å². The average molecular weight is 272 g/mol. The van der Waals surface area contributed by atoms with Gasteiger partial charge in [-0.1, -0.05) is 12.1 Å². The number of anilines is 1. The molecule has 0 aliphatic carbocycles. The number of thiophene rings is 1. The first-order valence-electron chi connectivity index (χ1n) is 6.27. The van der Waals surface area contributed by atoms with Crippen molar-refractivity contribution in [1.82, 2.24) is 0 Å². The molecular formula is C15H16N2OS. The van der Waals surface area contributed by atoms with Crippen molar-refractivity contribution in [2.24, 2.45) is 5.73 Å². The number of likely N-dealkylation sites (N-methyl/N-ethyl adjacent to an activating group) is 1. The molecule has 3 rings (SSSR count). The lowest BCUT2D eigenvalue weighted by molar-refractivity contribution is -0.117. The number of nitrogens with two attached hydrogens (primary N) is 1. The van der Waals surface area contributed by atoms with Gasteiger partial charge in [0.15, 0.2) is 0 Å². The van der Waals surface area contributed by atoms with E-state index in [1.54, 1.807) is 16.2 Å². The third-order valence-electron chi connectivity index (χ3n) is 3.72. The molecule has 1 aliphatic rings. The van der Waals surface area contributed by atoms with Crippen LogP contribution in [0.2, 0.25) is 0 Å². The number of rotatable bonds is 2. The van der Waals surface area contributed by atoms with Crippen molar-refractivity contribution in [3.63, 3.8) is 0 Å². The summed E-state index contributed by atoms with van der Waals surface area (Å²) in [4.78, 5) is 14.6. The van der Waals surface area contributed by atoms with E-state index in [1.165, 1.54) is 10.4 Å². The van der Waals surface area contributed by atoms with E-state index in [1.807, 2.05) is 19.2 Å². The highest BCUT2D eigenvalue weighted by atomic mass is 32.1. The zero-order valence-corrected chi connectivity index (χ0v) is 11.8. The summed E-state index contributed by atoms with van der Waals surface area (Å²) < 4.78 is 0. The van der Waals surface area contributed by atoms with E-state index in [2.05, 4.69) is 24.4 Å². The lowest BCUT2D eigenvalue weighted by Crippen LogP contribution is -2.20. The predicted octanol–water partition coefficient (Wildman–Crippen LogP) is 2.62. The summed E-state index contributed by atoms with van der Waals surface area (Å²) in [6, 6.07) is 8.08. The molecule has 2 aromatic rings. The van der Waals surface area contributed by atoms with Gasteiger partial charge in [0.25, 0.3) is 0 Å². The van der Waals surface area contributed by atoms with Crippen LogP contribution < -0.4 is 10.6 Å². The van der Waals surface area contributed by atoms with E-state index in [9.17, 15) is 4.79 Å². The van der Waals surface area contributed by atoms with Crippen molar-refractivity contribution in [2.45, 2.75) is 19.4 Å². The van der Waals surface area contributed by atoms with Crippen LogP contribution in [0.25, 0.3) is 0 Å². The van der Waals surface area contributed by atoms with Gasteiger partial charge in [0.2, 0.25) is 5.91 Å². The summed E-state index contributed by atoms with van der Waals surface area (Å²) in [6.07, 6.45) is 0.482. The molecule has 1 unspecified atom stereocenters. The van der Waals surface area contributed by atoms with Crippen LogP contribution in [0.15, 0.2) is 29.6 Å². The maximum atomic E-state index is 11.7. The first-order chi connectivity index (χ1) is 9.08. The van der Waals surface area contributed by atoms with Gasteiger partial charge < -0.3 is 10.6 Å². The summed E-state index contributed by atoms with van der Waals surface area (Å²) in [5.74, 6) is 0.146. The Hall–Kier alpha value is -1.65. The molecule has 1 amide bonds. The van der Waals surface area contributed by atoms with E-state index < -0.39 is 0 Å². The second kappa shape index (κ2) is 4.47. The number of nitrogens with zero attached hydrogens (tertiary/aromatic N) is 1. The molecule has 2 N–H and O–H groups in total. The molecular weight excluding hydrogens is 256 g/mol. The normalized spacial score (nSPS) is 15.7. The van der Waals surface area contributed by atoms with Crippen molar-refractivity contribution in [1.29, 1.82) is 0 Å². The molecule has 0 bridgehead atoms. The highest BCUT2D eigenvalue weighted by Gasteiger charge is 2.25. The molecule has 0 spiro atoms. The number of hydrogen-bond donors (Lipinski definition) is 1. The third-order valence-corrected chi connectivity index (χ3v) is 4.83. The molecule has 3 nitrogen and oxygen atoms in total. The Balaban J connectivity index is 1.98. The van der Waals surface area contributed by atoms with Gasteiger partial charge in [0, 0.05) is 17.6 Å². The molecule has 0 fully saturated rings. The molecule has 1 aromatic carbocycles. The maximum Gasteiger partial charge on any atom is 0.231 e. The summed E-state index contributed by atoms with van der Waals surface area (Å²) in [6.45, 7) is 2.08. The van der Waals surface area contributed by atoms with Crippen LogP contribution in [0, 0.1) is 6.92 Å². The molecule has 1 atom stereocenters. The lowest BCUT2D eigenvalue weighted by atomic mass is 10.0. The first kappa shape index (κ1) is 12.4. The predicted molar refractivity (Wildman–Crippen MR) is 78.6 cm³/mol. The van der Waals surface area contributed by atoms with Crippen LogP contribution in [0.4, 0.5) is 5.69 Å². The minimum absolute atomic E-state index is 0.105. The maximum absolute atomic E-state index is 11.7. The fourth-order valence-electron chi connectivity index (χ4n) is 2.54. The van der Waals surface area contributed by atoms with Gasteiger partial charge in [0.1, 0.15) is 0 Å². The molecule has 0 saturated carbocycles. The van der Waals surface area contributed by atoms with E-state index in [0.717, 1.165) is 16.8 Å². The second-order valence-electron chi connectivity index (χ2n) is 4.96. The van der Waals surface area contributed by atoms with Crippen molar-refractivity contribution >= 4 is 22.9 Å². The molecule has 2 heterocycles. The van der Waals surface area contributed by atoms with Gasteiger partial charge in [-0.3, -0.25) is 4.79 Å². The van der Waals surface area contributed by atoms with Crippen LogP contribution >= 0.6 is 11.3 Å². The highest BCUT2D eigenvalue weighted by Crippen LogP contribution is 2.33. The van der Waals surface area contributed by atoms with E-state index >= 15 is 0 Å². The Kier molecular flexibility index (Phi) is 2.92. The van der Waals surface area contributed by atoms with Crippen LogP contribution in [-0.2, 0) is 11.2 Å². The Labute approximate surface area is 116 Å². The van der Waals surface area contributed by atoms with Crippen molar-refractivity contribution in [2.75, 3.05) is 11.9 Å². The molecule has 1 aliphatic heterocycles. The quantitative estimate of drug-likeness (QED) is 0.913. The molecule has 98 valence electrons. The topological polar surface area (TPSA) is 46.3 Å². The number of carbonyl (C=O) groups is 1. The van der Waals surface area contributed by atoms with Gasteiger partial charge in [0.05, 0.1) is 12.5 Å². The highest BCUT2D eigenvalue weighted by molar-refractivity contribution is 7.10. The van der Waals surface area contributed by atoms with E-state index in [4.69, 9.17) is 5.73 Å². The lowest BCUT2D eigenvalue weighted by Gasteiger charge is -2.14. The Morgan fingerprint density at radius 2 is 2.16 bits per heavy atom. The van der Waals surface area contributed by atoms with E-state index in [-0.39, 0.29) is 11.9 Å². The van der Waals surface area contributed by atoms with Gasteiger partial charge in [-0.05, 0) is 41.1 Å². The van der Waals surface area contributed by atoms with Crippen molar-refractivity contribution in [3.8, 4) is 0 Å². The molecule has 4 heteroatoms. The van der Waals surface area contributed by atoms with Gasteiger partial charge in [-0.25, -0.2) is 0 Å². The fourth-order valence-corrected chi connectivity index (χ4v) is 3.49. The number of carbonyl (C=O) groups excluding carboxylic acids is 1. The number of fused-ring (bicyclic) bond motifs is 1. The largest absolute Gasteiger partial charge is 0.320 e. The van der Waals surface area contributed by atoms with Gasteiger partial charge in [-0.15, -0.1) is 11.3 Å². The van der Waals surface area contributed by atoms with Crippen LogP contribution in [0.5, 0.6) is 0 Å². The summed E-state index contributed by atoms with van der Waals surface area (Å²) in [5, 5.41) is 2.06. The Morgan fingerprint density at radius 1 is 1.37 bits per heavy atom. The zero-order chi connectivity index (χ0) is 13.6. The van der Waals surface area contributed by atoms with Gasteiger partial charge in [-0.2, -0.15) is 0 Å². The molecule has 0 saturated heterocycles. The first-order valence-corrected chi connectivity index (χ1v) is 7.15. The van der Waals surface area contributed by atoms with Gasteiger partial charge >= 0.3 is 0 Å². The minimum Gasteiger partial charge on any atom is -0.320 e. The molecule has 1 aromatic heterocycles. The van der Waals surface area contributed by atoms with E-state index in [0.29, 0.717) is 6.42 Å². The molecule has 19 heavy (non-hydrogen) atoms. The number of amides is 1. The summed E-state index contributed by atoms with van der Waals surface area (Å²) >= 11 is 1.68. The number of benzene rings is 1. The monoisotopic (exact) mass is 272 g/mol. The van der Waals surface area contributed by atoms with Crippen molar-refractivity contribution in [3.05, 3.63) is 51.2 Å². The zero-order valence-electron chi connectivity index (χ0n) is 11.0. The smallest absolute Gasteiger partial charge is 0.231 e. The fraction of sp³-hybridized carbons (Fsp3) is 0.267. The van der Waals surface area contributed by atoms with Crippen LogP contribution in [0.3, 0.4) is 0 Å². The SMILES string of the molecule is Cc1ccsc1C(N)c1ccc2c(c1)CC(=O)N2C. The summed E-state index contributed by atoms with van der Waals surface area (Å²) in [5.41, 5.74) is 10.7. The third kappa shape index (κ3) is 1.97. The standard InChI is InChI=1S/C15H16N2OS/c1-9-5-6-19-15(9)14(16)10-3-4-12-11(7-10)8-13(18)17(12)2/h3-7,14H,8,16H2,1-2H3. The number of aryl methyl sites for hydroxylation is 1. The molecule has 0 radical (unpaired) electrons. The minimum atomic E-state index is -0.105. The average Bonchev–Trinajstić information content (AvgIpc) is 2.93. The second-order valence-corrected chi connectivity index (χ2v) is 5.91. The Morgan fingerprint density at radius 3 is 2.84 bits per heavy atom. The number of hydrogen-bond acceptors (Lipinski definition) is 3. The Bertz CT molecular complexity index is 647. The summed E-state index contributed by atoms with van der Waals surface area (Å²) in [7, 11) is 1.82.